The Kier molecular flexibility index (Phi) is 5.31. The van der Waals surface area contributed by atoms with Crippen LogP contribution in [0.25, 0.3) is 11.1 Å². The van der Waals surface area contributed by atoms with Gasteiger partial charge in [0.2, 0.25) is 5.95 Å². The minimum Gasteiger partial charge on any atom is -0.497 e. The van der Waals surface area contributed by atoms with E-state index in [-0.39, 0.29) is 11.7 Å². The van der Waals surface area contributed by atoms with Crippen molar-refractivity contribution in [3.8, 4) is 16.9 Å². The first-order valence-electron chi connectivity index (χ1n) is 10.7. The van der Waals surface area contributed by atoms with E-state index < -0.39 is 0 Å². The highest BCUT2D eigenvalue weighted by molar-refractivity contribution is 5.67. The van der Waals surface area contributed by atoms with Crippen LogP contribution in [0.3, 0.4) is 0 Å². The maximum atomic E-state index is 14.1. The smallest absolute Gasteiger partial charge is 0.246 e. The van der Waals surface area contributed by atoms with Crippen molar-refractivity contribution >= 4 is 11.6 Å². The molecular weight excluding hydrogens is 405 g/mol. The number of nitrogens with one attached hydrogen (secondary N) is 1. The van der Waals surface area contributed by atoms with Gasteiger partial charge in [-0.05, 0) is 72.9 Å². The van der Waals surface area contributed by atoms with Gasteiger partial charge in [0.25, 0.3) is 0 Å². The van der Waals surface area contributed by atoms with Crippen molar-refractivity contribution in [1.29, 1.82) is 0 Å². The van der Waals surface area contributed by atoms with Gasteiger partial charge in [-0.3, -0.25) is 4.98 Å². The molecule has 0 bridgehead atoms. The lowest BCUT2D eigenvalue weighted by molar-refractivity contribution is 0.407. The van der Waals surface area contributed by atoms with E-state index in [1.54, 1.807) is 13.2 Å². The quantitative estimate of drug-likeness (QED) is 0.456. The van der Waals surface area contributed by atoms with Crippen LogP contribution in [-0.2, 0) is 6.54 Å². The predicted octanol–water partition coefficient (Wildman–Crippen LogP) is 5.47. The summed E-state index contributed by atoms with van der Waals surface area (Å²) in [6.45, 7) is 2.78. The van der Waals surface area contributed by atoms with E-state index >= 15 is 0 Å². The minimum atomic E-state index is -0.307. The van der Waals surface area contributed by atoms with E-state index in [1.807, 2.05) is 42.1 Å². The van der Waals surface area contributed by atoms with E-state index in [0.717, 1.165) is 53.3 Å². The van der Waals surface area contributed by atoms with Gasteiger partial charge < -0.3 is 10.1 Å². The van der Waals surface area contributed by atoms with Crippen molar-refractivity contribution in [2.24, 2.45) is 0 Å². The molecule has 3 heterocycles. The number of hydrogen-bond acceptors (Lipinski definition) is 5. The molecule has 0 spiro atoms. The van der Waals surface area contributed by atoms with Crippen LogP contribution in [0.2, 0.25) is 0 Å². The maximum absolute atomic E-state index is 14.1. The Morgan fingerprint density at radius 2 is 1.91 bits per heavy atom. The minimum absolute atomic E-state index is 0.0197. The fourth-order valence-electron chi connectivity index (χ4n) is 4.22. The topological polar surface area (TPSA) is 64.9 Å². The molecule has 5 rings (SSSR count). The molecule has 0 amide bonds. The van der Waals surface area contributed by atoms with Crippen LogP contribution in [0.4, 0.5) is 16.0 Å². The third-order valence-electron chi connectivity index (χ3n) is 5.78. The molecule has 32 heavy (non-hydrogen) atoms. The standard InChI is InChI=1S/C25H24FN5O/c1-16-12-18(9-10-27-16)17-5-7-21(8-6-17)28-25-29-24-23(4-3-11-31(24)30-25)19-13-20(26)15-22(14-19)32-2/h5-10,12-15,23H,3-4,11H2,1-2H3,(H,28,30). The Morgan fingerprint density at radius 3 is 2.69 bits per heavy atom. The summed E-state index contributed by atoms with van der Waals surface area (Å²) in [5.41, 5.74) is 5.01. The zero-order valence-corrected chi connectivity index (χ0v) is 18.0. The predicted molar refractivity (Wildman–Crippen MR) is 122 cm³/mol. The van der Waals surface area contributed by atoms with Crippen LogP contribution in [0.5, 0.6) is 5.75 Å². The number of ether oxygens (including phenoxy) is 1. The number of aryl methyl sites for hydroxylation is 2. The largest absolute Gasteiger partial charge is 0.497 e. The van der Waals surface area contributed by atoms with Crippen molar-refractivity contribution in [3.05, 3.63) is 83.7 Å². The van der Waals surface area contributed by atoms with Gasteiger partial charge in [0, 0.05) is 36.1 Å². The van der Waals surface area contributed by atoms with Crippen molar-refractivity contribution in [1.82, 2.24) is 19.7 Å². The highest BCUT2D eigenvalue weighted by atomic mass is 19.1. The SMILES string of the molecule is COc1cc(F)cc(C2CCCn3nc(Nc4ccc(-c5ccnc(C)c5)cc4)nc32)c1. The average Bonchev–Trinajstić information content (AvgIpc) is 3.21. The molecule has 1 atom stereocenters. The van der Waals surface area contributed by atoms with E-state index in [9.17, 15) is 4.39 Å². The van der Waals surface area contributed by atoms with Gasteiger partial charge in [0.1, 0.15) is 17.4 Å². The van der Waals surface area contributed by atoms with Crippen LogP contribution in [0.15, 0.2) is 60.8 Å². The zero-order chi connectivity index (χ0) is 22.1. The molecule has 2 aromatic heterocycles. The van der Waals surface area contributed by atoms with Crippen molar-refractivity contribution < 1.29 is 9.13 Å². The molecular formula is C25H24FN5O. The van der Waals surface area contributed by atoms with Gasteiger partial charge >= 0.3 is 0 Å². The first kappa shape index (κ1) is 20.2. The van der Waals surface area contributed by atoms with Gasteiger partial charge in [-0.1, -0.05) is 12.1 Å². The van der Waals surface area contributed by atoms with E-state index in [1.165, 1.54) is 6.07 Å². The molecule has 2 aromatic carbocycles. The molecule has 162 valence electrons. The lowest BCUT2D eigenvalue weighted by atomic mass is 9.91. The molecule has 0 saturated carbocycles. The number of methoxy groups -OCH3 is 1. The molecule has 1 aliphatic rings. The number of nitrogens with zero attached hydrogens (tertiary/aromatic N) is 4. The lowest BCUT2D eigenvalue weighted by Gasteiger charge is -2.22. The second kappa shape index (κ2) is 8.42. The molecule has 7 heteroatoms. The normalized spacial score (nSPS) is 15.3. The fourth-order valence-corrected chi connectivity index (χ4v) is 4.22. The summed E-state index contributed by atoms with van der Waals surface area (Å²) in [6.07, 6.45) is 3.67. The summed E-state index contributed by atoms with van der Waals surface area (Å²) in [5.74, 6) is 1.57. The number of hydrogen-bond donors (Lipinski definition) is 1. The number of aromatic nitrogens is 4. The van der Waals surface area contributed by atoms with Crippen LogP contribution in [0.1, 0.15) is 35.8 Å². The first-order valence-corrected chi connectivity index (χ1v) is 10.7. The van der Waals surface area contributed by atoms with Crippen LogP contribution < -0.4 is 10.1 Å². The summed E-state index contributed by atoms with van der Waals surface area (Å²) in [6, 6.07) is 17.1. The van der Waals surface area contributed by atoms with E-state index in [0.29, 0.717) is 11.7 Å². The number of benzene rings is 2. The maximum Gasteiger partial charge on any atom is 0.246 e. The Labute approximate surface area is 186 Å². The summed E-state index contributed by atoms with van der Waals surface area (Å²) in [7, 11) is 1.55. The highest BCUT2D eigenvalue weighted by Crippen LogP contribution is 2.35. The Balaban J connectivity index is 1.38. The first-order chi connectivity index (χ1) is 15.6. The third-order valence-corrected chi connectivity index (χ3v) is 5.78. The number of pyridine rings is 1. The number of rotatable bonds is 5. The number of fused-ring (bicyclic) bond motifs is 1. The zero-order valence-electron chi connectivity index (χ0n) is 18.0. The molecule has 0 radical (unpaired) electrons. The summed E-state index contributed by atoms with van der Waals surface area (Å²) in [4.78, 5) is 9.00. The molecule has 1 unspecified atom stereocenters. The number of anilines is 2. The molecule has 1 N–H and O–H groups in total. The highest BCUT2D eigenvalue weighted by Gasteiger charge is 2.26. The Bertz CT molecular complexity index is 1250. The van der Waals surface area contributed by atoms with Crippen LogP contribution >= 0.6 is 0 Å². The van der Waals surface area contributed by atoms with Crippen molar-refractivity contribution in [3.63, 3.8) is 0 Å². The van der Waals surface area contributed by atoms with Crippen LogP contribution in [0, 0.1) is 12.7 Å². The second-order valence-corrected chi connectivity index (χ2v) is 8.02. The summed E-state index contributed by atoms with van der Waals surface area (Å²) < 4.78 is 21.2. The Morgan fingerprint density at radius 1 is 1.06 bits per heavy atom. The van der Waals surface area contributed by atoms with Gasteiger partial charge in [0.05, 0.1) is 7.11 Å². The molecule has 4 aromatic rings. The lowest BCUT2D eigenvalue weighted by Crippen LogP contribution is -2.18. The average molecular weight is 429 g/mol. The Hall–Kier alpha value is -3.74. The molecule has 1 aliphatic heterocycles. The molecule has 0 aliphatic carbocycles. The van der Waals surface area contributed by atoms with Gasteiger partial charge in [-0.25, -0.2) is 9.07 Å². The molecule has 0 saturated heterocycles. The fraction of sp³-hybridized carbons (Fsp3) is 0.240. The van der Waals surface area contributed by atoms with Crippen LogP contribution in [-0.4, -0.2) is 26.9 Å². The van der Waals surface area contributed by atoms with Crippen molar-refractivity contribution in [2.45, 2.75) is 32.2 Å². The van der Waals surface area contributed by atoms with E-state index in [2.05, 4.69) is 33.6 Å². The van der Waals surface area contributed by atoms with Gasteiger partial charge in [-0.15, -0.1) is 5.10 Å². The molecule has 0 fully saturated rings. The van der Waals surface area contributed by atoms with Gasteiger partial charge in [0.15, 0.2) is 0 Å². The van der Waals surface area contributed by atoms with Gasteiger partial charge in [-0.2, -0.15) is 4.98 Å². The molecule has 6 nitrogen and oxygen atoms in total. The third kappa shape index (κ3) is 4.06. The van der Waals surface area contributed by atoms with E-state index in [4.69, 9.17) is 9.72 Å². The van der Waals surface area contributed by atoms with Crippen molar-refractivity contribution in [2.75, 3.05) is 12.4 Å². The summed E-state index contributed by atoms with van der Waals surface area (Å²) in [5, 5.41) is 7.94. The second-order valence-electron chi connectivity index (χ2n) is 8.02. The number of halogens is 1. The monoisotopic (exact) mass is 429 g/mol. The summed E-state index contributed by atoms with van der Waals surface area (Å²) >= 11 is 0.